The molecule has 118 heavy (non-hydrogen) atoms. The molecule has 0 saturated carbocycles. The number of anilines is 6. The van der Waals surface area contributed by atoms with Gasteiger partial charge in [0.25, 0.3) is 0 Å². The maximum absolute atomic E-state index is 12.1. The molecule has 0 bridgehead atoms. The summed E-state index contributed by atoms with van der Waals surface area (Å²) in [6.07, 6.45) is 11.0. The maximum atomic E-state index is 12.1. The van der Waals surface area contributed by atoms with Crippen molar-refractivity contribution in [1.29, 1.82) is 0 Å². The molecule has 0 spiro atoms. The first-order valence-electron chi connectivity index (χ1n) is 40.8. The summed E-state index contributed by atoms with van der Waals surface area (Å²) in [5.41, 5.74) is 9.98. The number of ether oxygens (including phenoxy) is 3. The van der Waals surface area contributed by atoms with Crippen molar-refractivity contribution in [3.05, 3.63) is 210 Å². The Bertz CT molecular complexity index is 5350. The summed E-state index contributed by atoms with van der Waals surface area (Å²) in [5.74, 6) is 3.12. The second-order valence-electron chi connectivity index (χ2n) is 31.2. The van der Waals surface area contributed by atoms with Crippen LogP contribution < -0.4 is 43.6 Å². The monoisotopic (exact) mass is 1610 g/mol. The van der Waals surface area contributed by atoms with E-state index in [4.69, 9.17) is 55.7 Å². The largest absolute Gasteiger partial charge is 0.508 e. The molecule has 0 unspecified atom stereocenters. The topological polar surface area (TPSA) is 265 Å². The third kappa shape index (κ3) is 18.4. The molecule has 3 amide bonds. The molecule has 4 aromatic heterocycles. The minimum atomic E-state index is -0.0928. The normalized spacial score (nSPS) is 17.1. The van der Waals surface area contributed by atoms with Gasteiger partial charge in [-0.05, 0) is 120 Å². The standard InChI is InChI=1S/C31H32N6O3.C30H36N6O3.C29H35ClN6O3/c1-2-29(39)35-14-16-36(17-15-35)30-26-10-13-37(28-20-24(38)19-22-7-3-4-9-25(22)28)21-27(26)33-31(34-30)40-18-11-23-8-5-6-12-32-23;1-3-28(38)34-13-15-35(16-14-34)29-25-10-12-36(27-18-23(37)17-21-7-4-5-9-24(21)27)19-26(25)31-30(32-29)39-20-22-8-6-11-33(22)2;1-5-26(38)34-12-14-35(15-13-34)28-22-10-11-36(18-23(22)31-29(32-28)39-19(2)17-33(3)4)24-16-25(37)27(30)21-9-7-6-8-20(21)24/h2-9,12,19-20,38H,1,10-11,13-18,21H2;3-5,7,9,17-18,22,37H,1,6,8,10-16,19-20H2,2H3;5-9,16,19,37H,1,10-15,17-18H2,2-4H3/t;22-;19-/m.01/s1. The van der Waals surface area contributed by atoms with E-state index in [0.717, 1.165) is 165 Å². The van der Waals surface area contributed by atoms with E-state index < -0.39 is 0 Å². The van der Waals surface area contributed by atoms with Crippen LogP contribution in [0, 0.1) is 0 Å². The number of benzene rings is 6. The molecular weight excluding hydrogens is 1510 g/mol. The number of halogens is 1. The van der Waals surface area contributed by atoms with Gasteiger partial charge in [0.2, 0.25) is 17.7 Å². The zero-order valence-corrected chi connectivity index (χ0v) is 68.4. The lowest BCUT2D eigenvalue weighted by Crippen LogP contribution is -2.49. The maximum Gasteiger partial charge on any atom is 0.318 e. The van der Waals surface area contributed by atoms with Gasteiger partial charge in [0.15, 0.2) is 0 Å². The molecule has 2 atom stereocenters. The number of hydrogen-bond acceptors (Lipinski definition) is 24. The van der Waals surface area contributed by atoms with E-state index in [2.05, 4.69) is 83.1 Å². The van der Waals surface area contributed by atoms with Crippen LogP contribution in [0.2, 0.25) is 5.02 Å². The summed E-state index contributed by atoms with van der Waals surface area (Å²) in [4.78, 5) is 93.6. The molecule has 4 fully saturated rings. The van der Waals surface area contributed by atoms with E-state index >= 15 is 0 Å². The number of aromatic hydroxyl groups is 3. The van der Waals surface area contributed by atoms with Crippen LogP contribution in [0.3, 0.4) is 0 Å². The smallest absolute Gasteiger partial charge is 0.318 e. The summed E-state index contributed by atoms with van der Waals surface area (Å²) in [5, 5.41) is 37.8. The number of nitrogens with zero attached hydrogens (tertiary/aromatic N) is 18. The lowest BCUT2D eigenvalue weighted by Gasteiger charge is -2.38. The van der Waals surface area contributed by atoms with Crippen LogP contribution in [0.1, 0.15) is 59.2 Å². The highest BCUT2D eigenvalue weighted by Gasteiger charge is 2.35. The van der Waals surface area contributed by atoms with Crippen LogP contribution >= 0.6 is 11.6 Å². The van der Waals surface area contributed by atoms with Crippen molar-refractivity contribution < 1.29 is 43.9 Å². The molecule has 10 aromatic rings. The van der Waals surface area contributed by atoms with Crippen LogP contribution in [0.5, 0.6) is 35.3 Å². The summed E-state index contributed by atoms with van der Waals surface area (Å²) in [6, 6.07) is 40.4. The van der Waals surface area contributed by atoms with Crippen LogP contribution in [0.25, 0.3) is 32.3 Å². The summed E-state index contributed by atoms with van der Waals surface area (Å²) in [6.45, 7) is 27.5. The predicted molar refractivity (Wildman–Crippen MR) is 462 cm³/mol. The van der Waals surface area contributed by atoms with E-state index in [1.807, 2.05) is 127 Å². The lowest BCUT2D eigenvalue weighted by molar-refractivity contribution is -0.127. The molecule has 7 aliphatic heterocycles. The Labute approximate surface area is 693 Å². The third-order valence-corrected chi connectivity index (χ3v) is 23.6. The molecule has 0 radical (unpaired) electrons. The Morgan fingerprint density at radius 1 is 0.508 bits per heavy atom. The van der Waals surface area contributed by atoms with Gasteiger partial charge in [-0.1, -0.05) is 110 Å². The summed E-state index contributed by atoms with van der Waals surface area (Å²) < 4.78 is 18.5. The second kappa shape index (κ2) is 36.6. The Morgan fingerprint density at radius 3 is 1.37 bits per heavy atom. The minimum absolute atomic E-state index is 0.0296. The van der Waals surface area contributed by atoms with E-state index in [-0.39, 0.29) is 41.1 Å². The number of phenolic OH excluding ortho intramolecular Hbond substituents is 3. The molecule has 27 nitrogen and oxygen atoms in total. The SMILES string of the molecule is C=CC(=O)N1CCN(c2nc(OCCc3ccccn3)nc3c2CCN(c2cc(O)cc4ccccc24)C3)CC1.C=CC(=O)N1CCN(c2nc(OC[C@@H]3CCCN3C)nc3c2CCN(c2cc(O)cc4ccccc24)C3)CC1.C=CC(=O)N1CCN(c2nc(O[C@H](C)CN(C)C)nc3c2CCN(c2cc(O)c(Cl)c4ccccc24)C3)CC1. The number of aromatic nitrogens is 7. The summed E-state index contributed by atoms with van der Waals surface area (Å²) >= 11 is 6.42. The number of rotatable bonds is 20. The molecule has 0 aliphatic carbocycles. The first kappa shape index (κ1) is 81.1. The van der Waals surface area contributed by atoms with E-state index in [0.29, 0.717) is 147 Å². The number of hydrogen-bond donors (Lipinski definition) is 3. The quantitative estimate of drug-likeness (QED) is 0.0599. The first-order valence-corrected chi connectivity index (χ1v) is 41.2. The Hall–Kier alpha value is -12.1. The average Bonchev–Trinajstić information content (AvgIpc) is 0.829. The van der Waals surface area contributed by atoms with Crippen molar-refractivity contribution >= 4 is 96.2 Å². The van der Waals surface area contributed by atoms with Gasteiger partial charge in [0.1, 0.15) is 47.4 Å². The van der Waals surface area contributed by atoms with Gasteiger partial charge in [0.05, 0.1) is 48.3 Å². The zero-order chi connectivity index (χ0) is 82.1. The van der Waals surface area contributed by atoms with Gasteiger partial charge in [-0.15, -0.1) is 0 Å². The third-order valence-electron chi connectivity index (χ3n) is 23.2. The molecule has 17 rings (SSSR count). The fourth-order valence-corrected chi connectivity index (χ4v) is 17.3. The fraction of sp³-hybridized carbons (Fsp3) is 0.378. The van der Waals surface area contributed by atoms with E-state index in [1.54, 1.807) is 24.4 Å². The van der Waals surface area contributed by atoms with Crippen LogP contribution in [0.15, 0.2) is 165 Å². The van der Waals surface area contributed by atoms with Gasteiger partial charge in [-0.3, -0.25) is 19.4 Å². The minimum Gasteiger partial charge on any atom is -0.508 e. The molecule has 614 valence electrons. The Kier molecular flexibility index (Phi) is 25.2. The Morgan fingerprint density at radius 2 is 0.932 bits per heavy atom. The number of pyridine rings is 1. The van der Waals surface area contributed by atoms with Crippen molar-refractivity contribution in [2.45, 2.75) is 77.2 Å². The van der Waals surface area contributed by atoms with Gasteiger partial charge in [0, 0.05) is 203 Å². The van der Waals surface area contributed by atoms with Gasteiger partial charge in [-0.2, -0.15) is 29.9 Å². The van der Waals surface area contributed by atoms with E-state index in [9.17, 15) is 29.7 Å². The number of fused-ring (bicyclic) bond motifs is 6. The highest BCUT2D eigenvalue weighted by atomic mass is 35.5. The number of phenols is 3. The van der Waals surface area contributed by atoms with Crippen molar-refractivity contribution in [2.75, 3.05) is 175 Å². The van der Waals surface area contributed by atoms with Crippen LogP contribution in [0.4, 0.5) is 34.5 Å². The number of piperazine rings is 3. The van der Waals surface area contributed by atoms with Crippen LogP contribution in [-0.2, 0) is 59.7 Å². The van der Waals surface area contributed by atoms with Gasteiger partial charge >= 0.3 is 18.0 Å². The average molecular weight is 1620 g/mol. The number of carbonyl (C=O) groups is 3. The first-order chi connectivity index (χ1) is 57.3. The number of amides is 3. The molecule has 3 N–H and O–H groups in total. The van der Waals surface area contributed by atoms with Crippen molar-refractivity contribution in [1.82, 2.24) is 59.4 Å². The molecule has 6 aromatic carbocycles. The van der Waals surface area contributed by atoms with Gasteiger partial charge in [-0.25, -0.2) is 0 Å². The van der Waals surface area contributed by atoms with Crippen molar-refractivity contribution in [2.24, 2.45) is 0 Å². The highest BCUT2D eigenvalue weighted by molar-refractivity contribution is 6.37. The highest BCUT2D eigenvalue weighted by Crippen LogP contribution is 2.43. The van der Waals surface area contributed by atoms with Gasteiger partial charge < -0.3 is 83.4 Å². The predicted octanol–water partition coefficient (Wildman–Crippen LogP) is 10.7. The lowest BCUT2D eigenvalue weighted by atomic mass is 10.0. The van der Waals surface area contributed by atoms with Crippen molar-refractivity contribution in [3.63, 3.8) is 0 Å². The summed E-state index contributed by atoms with van der Waals surface area (Å²) in [7, 11) is 6.15. The molecule has 4 saturated heterocycles. The zero-order valence-electron chi connectivity index (χ0n) is 67.7. The molecule has 11 heterocycles. The second-order valence-corrected chi connectivity index (χ2v) is 31.6. The number of carbonyl (C=O) groups excluding carboxylic acids is 3. The number of likely N-dealkylation sites (tertiary alicyclic amines) is 1. The fourth-order valence-electron chi connectivity index (χ4n) is 17.1. The van der Waals surface area contributed by atoms with Crippen molar-refractivity contribution in [3.8, 4) is 35.3 Å². The molecule has 28 heteroatoms. The number of likely N-dealkylation sites (N-methyl/N-ethyl adjacent to an activating group) is 2. The molecular formula is C90H103ClN18O9. The van der Waals surface area contributed by atoms with Crippen LogP contribution in [-0.4, -0.2) is 250 Å². The molecule has 7 aliphatic rings. The van der Waals surface area contributed by atoms with E-state index in [1.165, 1.54) is 24.6 Å². The Balaban J connectivity index is 0.000000138.